The van der Waals surface area contributed by atoms with Crippen LogP contribution < -0.4 is 11.1 Å². The van der Waals surface area contributed by atoms with Crippen LogP contribution in [0.3, 0.4) is 0 Å². The van der Waals surface area contributed by atoms with E-state index in [1.54, 1.807) is 0 Å². The second-order valence-electron chi connectivity index (χ2n) is 7.77. The van der Waals surface area contributed by atoms with Gasteiger partial charge in [0.2, 0.25) is 0 Å². The van der Waals surface area contributed by atoms with Gasteiger partial charge in [0.15, 0.2) is 6.10 Å². The van der Waals surface area contributed by atoms with Crippen LogP contribution in [-0.2, 0) is 14.3 Å². The maximum absolute atomic E-state index is 12.3. The minimum Gasteiger partial charge on any atom is -0.453 e. The fourth-order valence-corrected chi connectivity index (χ4v) is 6.87. The number of primary amides is 1. The van der Waals surface area contributed by atoms with Gasteiger partial charge < -0.3 is 10.5 Å². The van der Waals surface area contributed by atoms with Crippen molar-refractivity contribution in [2.45, 2.75) is 62.3 Å². The van der Waals surface area contributed by atoms with Crippen LogP contribution in [0.1, 0.15) is 51.9 Å². The number of alkyl halides is 1. The van der Waals surface area contributed by atoms with Crippen molar-refractivity contribution < 1.29 is 19.1 Å². The zero-order valence-electron chi connectivity index (χ0n) is 13.3. The molecule has 3 atom stereocenters. The van der Waals surface area contributed by atoms with Gasteiger partial charge in [-0.3, -0.25) is 14.9 Å². The lowest BCUT2D eigenvalue weighted by atomic mass is 9.49. The second kappa shape index (κ2) is 5.76. The highest BCUT2D eigenvalue weighted by Gasteiger charge is 2.57. The first-order chi connectivity index (χ1) is 10.7. The number of nitrogens with two attached hydrogens (primary N) is 1. The van der Waals surface area contributed by atoms with Gasteiger partial charge in [-0.05, 0) is 62.7 Å². The predicted octanol–water partition coefficient (Wildman–Crippen LogP) is 2.24. The topological polar surface area (TPSA) is 98.5 Å². The van der Waals surface area contributed by atoms with Crippen molar-refractivity contribution in [1.29, 1.82) is 0 Å². The van der Waals surface area contributed by atoms with Crippen LogP contribution in [0.25, 0.3) is 0 Å². The van der Waals surface area contributed by atoms with Crippen molar-refractivity contribution in [1.82, 2.24) is 5.32 Å². The highest BCUT2D eigenvalue weighted by atomic mass is 79.9. The predicted molar refractivity (Wildman–Crippen MR) is 86.7 cm³/mol. The molecule has 0 radical (unpaired) electrons. The maximum Gasteiger partial charge on any atom is 0.318 e. The highest BCUT2D eigenvalue weighted by molar-refractivity contribution is 9.10. The Labute approximate surface area is 144 Å². The van der Waals surface area contributed by atoms with Gasteiger partial charge >= 0.3 is 12.0 Å². The summed E-state index contributed by atoms with van der Waals surface area (Å²) in [5, 5.41) is 1.93. The van der Waals surface area contributed by atoms with Crippen molar-refractivity contribution in [2.75, 3.05) is 0 Å². The molecule has 4 fully saturated rings. The highest BCUT2D eigenvalue weighted by Crippen LogP contribution is 2.65. The van der Waals surface area contributed by atoms with E-state index in [4.69, 9.17) is 10.5 Å². The summed E-state index contributed by atoms with van der Waals surface area (Å²) < 4.78 is 5.40. The average molecular weight is 387 g/mol. The molecule has 0 spiro atoms. The van der Waals surface area contributed by atoms with E-state index in [9.17, 15) is 14.4 Å². The van der Waals surface area contributed by atoms with Gasteiger partial charge in [0.25, 0.3) is 5.91 Å². The smallest absolute Gasteiger partial charge is 0.318 e. The summed E-state index contributed by atoms with van der Waals surface area (Å²) in [5.74, 6) is 0.335. The Kier molecular flexibility index (Phi) is 4.19. The molecule has 0 aromatic rings. The number of imide groups is 1. The summed E-state index contributed by atoms with van der Waals surface area (Å²) in [6.07, 6.45) is 6.19. The lowest BCUT2D eigenvalue weighted by Gasteiger charge is -2.60. The first kappa shape index (κ1) is 16.7. The van der Waals surface area contributed by atoms with Gasteiger partial charge in [-0.15, -0.1) is 0 Å². The molecule has 0 saturated heterocycles. The lowest BCUT2D eigenvalue weighted by Crippen LogP contribution is -2.53. The van der Waals surface area contributed by atoms with Crippen LogP contribution in [0.5, 0.6) is 0 Å². The molecule has 4 aliphatic carbocycles. The monoisotopic (exact) mass is 386 g/mol. The number of nitrogens with one attached hydrogen (secondary N) is 1. The third-order valence-electron chi connectivity index (χ3n) is 5.55. The van der Waals surface area contributed by atoms with Crippen molar-refractivity contribution in [3.63, 3.8) is 0 Å². The Balaban J connectivity index is 1.60. The molecule has 0 aliphatic heterocycles. The molecular weight excluding hydrogens is 364 g/mol. The van der Waals surface area contributed by atoms with Crippen molar-refractivity contribution in [3.05, 3.63) is 0 Å². The van der Waals surface area contributed by atoms with Crippen molar-refractivity contribution >= 4 is 33.8 Å². The maximum atomic E-state index is 12.3. The second-order valence-corrected chi connectivity index (χ2v) is 9.46. The van der Waals surface area contributed by atoms with Gasteiger partial charge in [0.05, 0.1) is 6.42 Å². The molecule has 3 N–H and O–H groups in total. The molecule has 23 heavy (non-hydrogen) atoms. The zero-order valence-corrected chi connectivity index (χ0v) is 14.9. The van der Waals surface area contributed by atoms with Gasteiger partial charge in [-0.1, -0.05) is 15.9 Å². The molecule has 6 nitrogen and oxygen atoms in total. The quantitative estimate of drug-likeness (QED) is 0.571. The van der Waals surface area contributed by atoms with E-state index in [-0.39, 0.29) is 15.7 Å². The number of carbonyl (C=O) groups excluding carboxylic acids is 3. The fourth-order valence-electron chi connectivity index (χ4n) is 5.36. The largest absolute Gasteiger partial charge is 0.453 e. The number of urea groups is 1. The number of ether oxygens (including phenoxy) is 1. The van der Waals surface area contributed by atoms with Crippen molar-refractivity contribution in [2.24, 2.45) is 23.0 Å². The molecule has 0 aromatic carbocycles. The van der Waals surface area contributed by atoms with E-state index in [2.05, 4.69) is 15.9 Å². The summed E-state index contributed by atoms with van der Waals surface area (Å²) in [6, 6.07) is -0.944. The standard InChI is InChI=1S/C16H23BrN2O4/c1-9(13(21)19-14(18)22)23-12(20)7-15-3-10-2-11(4-15)6-16(17,5-10)8-15/h9-11H,2-8H2,1H3,(H3,18,19,21,22)/t9-,10+,11+,15?,16?/m1/s1. The van der Waals surface area contributed by atoms with E-state index in [0.29, 0.717) is 18.3 Å². The number of halogens is 1. The Bertz CT molecular complexity index is 536. The summed E-state index contributed by atoms with van der Waals surface area (Å²) >= 11 is 3.92. The zero-order chi connectivity index (χ0) is 16.8. The molecule has 4 bridgehead atoms. The van der Waals surface area contributed by atoms with Crippen LogP contribution in [0.4, 0.5) is 4.79 Å². The normalized spacial score (nSPS) is 38.9. The number of amides is 3. The minimum absolute atomic E-state index is 0.00451. The Morgan fingerprint density at radius 2 is 1.87 bits per heavy atom. The van der Waals surface area contributed by atoms with E-state index in [0.717, 1.165) is 19.3 Å². The molecule has 3 amide bonds. The number of carbonyl (C=O) groups is 3. The summed E-state index contributed by atoms with van der Waals surface area (Å²) in [6.45, 7) is 1.45. The van der Waals surface area contributed by atoms with Crippen LogP contribution >= 0.6 is 15.9 Å². The summed E-state index contributed by atoms with van der Waals surface area (Å²) in [4.78, 5) is 34.6. The van der Waals surface area contributed by atoms with Gasteiger partial charge in [-0.25, -0.2) is 4.79 Å². The van der Waals surface area contributed by atoms with E-state index >= 15 is 0 Å². The van der Waals surface area contributed by atoms with Gasteiger partial charge in [-0.2, -0.15) is 0 Å². The van der Waals surface area contributed by atoms with Crippen LogP contribution in [0.2, 0.25) is 0 Å². The van der Waals surface area contributed by atoms with Crippen LogP contribution in [-0.4, -0.2) is 28.3 Å². The first-order valence-electron chi connectivity index (χ1n) is 8.17. The Hall–Kier alpha value is -1.11. The summed E-state index contributed by atoms with van der Waals surface area (Å²) in [5.41, 5.74) is 4.90. The van der Waals surface area contributed by atoms with E-state index in [1.807, 2.05) is 5.32 Å². The average Bonchev–Trinajstić information content (AvgIpc) is 2.33. The third-order valence-corrected chi connectivity index (χ3v) is 6.48. The number of hydrogen-bond donors (Lipinski definition) is 2. The summed E-state index contributed by atoms with van der Waals surface area (Å²) in [7, 11) is 0. The van der Waals surface area contributed by atoms with E-state index in [1.165, 1.54) is 26.2 Å². The molecule has 4 saturated carbocycles. The molecular formula is C16H23BrN2O4. The molecule has 128 valence electrons. The molecule has 4 aliphatic rings. The van der Waals surface area contributed by atoms with Crippen molar-refractivity contribution in [3.8, 4) is 0 Å². The lowest BCUT2D eigenvalue weighted by molar-refractivity contribution is -0.160. The molecule has 0 aromatic heterocycles. The van der Waals surface area contributed by atoms with Gasteiger partial charge in [0, 0.05) is 4.32 Å². The molecule has 0 heterocycles. The minimum atomic E-state index is -1.01. The molecule has 7 heteroatoms. The number of hydrogen-bond acceptors (Lipinski definition) is 4. The fraction of sp³-hybridized carbons (Fsp3) is 0.812. The number of esters is 1. The molecule has 4 rings (SSSR count). The number of rotatable bonds is 4. The van der Waals surface area contributed by atoms with Crippen LogP contribution in [0.15, 0.2) is 0 Å². The Morgan fingerprint density at radius 1 is 1.26 bits per heavy atom. The first-order valence-corrected chi connectivity index (χ1v) is 8.97. The van der Waals surface area contributed by atoms with Gasteiger partial charge in [0.1, 0.15) is 0 Å². The van der Waals surface area contributed by atoms with E-state index < -0.39 is 18.0 Å². The Morgan fingerprint density at radius 3 is 2.39 bits per heavy atom. The molecule has 0 unspecified atom stereocenters. The third kappa shape index (κ3) is 3.54. The SMILES string of the molecule is C[C@@H](OC(=O)CC12C[C@@H]3C[C@H](CC(Br)(C3)C1)C2)C(=O)NC(N)=O. The van der Waals surface area contributed by atoms with Crippen LogP contribution in [0, 0.1) is 17.3 Å².